The molecule has 0 bridgehead atoms. The van der Waals surface area contributed by atoms with Gasteiger partial charge in [-0.05, 0) is 36.5 Å². The fraction of sp³-hybridized carbons (Fsp3) is 0.562. The van der Waals surface area contributed by atoms with E-state index in [1.165, 1.54) is 19.3 Å². The minimum Gasteiger partial charge on any atom is -0.391 e. The van der Waals surface area contributed by atoms with Crippen LogP contribution in [0, 0.1) is 5.92 Å². The summed E-state index contributed by atoms with van der Waals surface area (Å²) in [7, 11) is 0. The molecule has 21 heavy (non-hydrogen) atoms. The van der Waals surface area contributed by atoms with Gasteiger partial charge in [-0.1, -0.05) is 43.0 Å². The zero-order valence-electron chi connectivity index (χ0n) is 12.1. The van der Waals surface area contributed by atoms with E-state index in [1.54, 1.807) is 12.1 Å². The van der Waals surface area contributed by atoms with Crippen molar-refractivity contribution in [3.63, 3.8) is 0 Å². The summed E-state index contributed by atoms with van der Waals surface area (Å²) in [5.41, 5.74) is 0.988. The van der Waals surface area contributed by atoms with E-state index >= 15 is 0 Å². The lowest BCUT2D eigenvalue weighted by Gasteiger charge is -2.26. The van der Waals surface area contributed by atoms with Crippen LogP contribution in [-0.2, 0) is 6.54 Å². The van der Waals surface area contributed by atoms with Crippen molar-refractivity contribution in [2.45, 2.75) is 44.8 Å². The molecule has 5 heteroatoms. The summed E-state index contributed by atoms with van der Waals surface area (Å²) in [5.74, 6) is 0.329. The third-order valence-electron chi connectivity index (χ3n) is 4.03. The fourth-order valence-corrected chi connectivity index (χ4v) is 2.86. The summed E-state index contributed by atoms with van der Waals surface area (Å²) >= 11 is 5.81. The topological polar surface area (TPSA) is 61.4 Å². The van der Waals surface area contributed by atoms with Crippen LogP contribution in [0.3, 0.4) is 0 Å². The highest BCUT2D eigenvalue weighted by atomic mass is 35.5. The molecular weight excluding hydrogens is 288 g/mol. The van der Waals surface area contributed by atoms with Gasteiger partial charge in [0.1, 0.15) is 0 Å². The number of nitrogens with one attached hydrogen (secondary N) is 2. The predicted molar refractivity (Wildman–Crippen MR) is 84.3 cm³/mol. The summed E-state index contributed by atoms with van der Waals surface area (Å²) in [4.78, 5) is 11.7. The van der Waals surface area contributed by atoms with E-state index < -0.39 is 6.10 Å². The average Bonchev–Trinajstić information content (AvgIpc) is 2.53. The summed E-state index contributed by atoms with van der Waals surface area (Å²) < 4.78 is 0. The molecule has 1 unspecified atom stereocenters. The third-order valence-corrected chi connectivity index (χ3v) is 4.28. The summed E-state index contributed by atoms with van der Waals surface area (Å²) in [6.07, 6.45) is 5.32. The molecule has 0 radical (unpaired) electrons. The maximum absolute atomic E-state index is 11.7. The second kappa shape index (κ2) is 8.25. The molecule has 0 aliphatic heterocycles. The van der Waals surface area contributed by atoms with Gasteiger partial charge in [-0.3, -0.25) is 0 Å². The van der Waals surface area contributed by atoms with Gasteiger partial charge in [-0.25, -0.2) is 4.79 Å². The first-order valence-electron chi connectivity index (χ1n) is 7.59. The van der Waals surface area contributed by atoms with E-state index in [1.807, 2.05) is 12.1 Å². The minimum atomic E-state index is -0.438. The molecule has 2 rings (SSSR count). The molecule has 0 heterocycles. The average molecular weight is 311 g/mol. The highest BCUT2D eigenvalue weighted by molar-refractivity contribution is 6.30. The lowest BCUT2D eigenvalue weighted by atomic mass is 9.85. The van der Waals surface area contributed by atoms with Gasteiger partial charge < -0.3 is 15.7 Å². The molecular formula is C16H23ClN2O2. The largest absolute Gasteiger partial charge is 0.391 e. The highest BCUT2D eigenvalue weighted by Crippen LogP contribution is 2.26. The number of hydrogen-bond donors (Lipinski definition) is 3. The number of hydrogen-bond acceptors (Lipinski definition) is 2. The molecule has 1 aliphatic carbocycles. The van der Waals surface area contributed by atoms with Gasteiger partial charge in [-0.2, -0.15) is 0 Å². The molecule has 0 aromatic heterocycles. The number of aliphatic hydroxyl groups excluding tert-OH is 1. The van der Waals surface area contributed by atoms with E-state index in [2.05, 4.69) is 10.6 Å². The lowest BCUT2D eigenvalue weighted by Crippen LogP contribution is -2.41. The molecule has 4 nitrogen and oxygen atoms in total. The van der Waals surface area contributed by atoms with Gasteiger partial charge in [0.2, 0.25) is 0 Å². The molecule has 1 aromatic rings. The molecule has 1 aliphatic rings. The first kappa shape index (κ1) is 16.1. The van der Waals surface area contributed by atoms with E-state index in [4.69, 9.17) is 11.6 Å². The summed E-state index contributed by atoms with van der Waals surface area (Å²) in [6.45, 7) is 0.764. The summed E-state index contributed by atoms with van der Waals surface area (Å²) in [5, 5.41) is 16.3. The van der Waals surface area contributed by atoms with Gasteiger partial charge in [0, 0.05) is 18.1 Å². The number of halogens is 1. The van der Waals surface area contributed by atoms with Gasteiger partial charge in [0.05, 0.1) is 6.10 Å². The SMILES string of the molecule is O=C(NCc1ccc(Cl)cc1)NCC(O)C1CCCCC1. The van der Waals surface area contributed by atoms with Crippen molar-refractivity contribution < 1.29 is 9.90 Å². The molecule has 1 saturated carbocycles. The lowest BCUT2D eigenvalue weighted by molar-refractivity contribution is 0.0858. The van der Waals surface area contributed by atoms with Crippen LogP contribution in [0.25, 0.3) is 0 Å². The molecule has 2 amide bonds. The van der Waals surface area contributed by atoms with Crippen LogP contribution < -0.4 is 10.6 Å². The monoisotopic (exact) mass is 310 g/mol. The van der Waals surface area contributed by atoms with E-state index in [-0.39, 0.29) is 6.03 Å². The first-order valence-corrected chi connectivity index (χ1v) is 7.97. The standard InChI is InChI=1S/C16H23ClN2O2/c17-14-8-6-12(7-9-14)10-18-16(21)19-11-15(20)13-4-2-1-3-5-13/h6-9,13,15,20H,1-5,10-11H2,(H2,18,19,21). The molecule has 116 valence electrons. The van der Waals surface area contributed by atoms with Crippen LogP contribution in [0.1, 0.15) is 37.7 Å². The Kier molecular flexibility index (Phi) is 6.33. The van der Waals surface area contributed by atoms with Gasteiger partial charge in [0.25, 0.3) is 0 Å². The van der Waals surface area contributed by atoms with Gasteiger partial charge in [-0.15, -0.1) is 0 Å². The van der Waals surface area contributed by atoms with E-state index in [0.717, 1.165) is 18.4 Å². The smallest absolute Gasteiger partial charge is 0.315 e. The molecule has 1 aromatic carbocycles. The van der Waals surface area contributed by atoms with Crippen LogP contribution in [0.4, 0.5) is 4.79 Å². The number of rotatable bonds is 5. The number of benzene rings is 1. The second-order valence-corrected chi connectivity index (χ2v) is 6.09. The second-order valence-electron chi connectivity index (χ2n) is 5.66. The summed E-state index contributed by atoms with van der Waals surface area (Å²) in [6, 6.07) is 7.09. The van der Waals surface area contributed by atoms with Crippen LogP contribution in [0.2, 0.25) is 5.02 Å². The number of aliphatic hydroxyl groups is 1. The third kappa shape index (κ3) is 5.56. The van der Waals surface area contributed by atoms with Crippen molar-refractivity contribution in [1.29, 1.82) is 0 Å². The van der Waals surface area contributed by atoms with Crippen molar-refractivity contribution in [2.75, 3.05) is 6.54 Å². The van der Waals surface area contributed by atoms with Crippen LogP contribution in [-0.4, -0.2) is 23.8 Å². The Bertz CT molecular complexity index is 444. The number of carbonyl (C=O) groups is 1. The Morgan fingerprint density at radius 1 is 1.19 bits per heavy atom. The maximum atomic E-state index is 11.7. The Balaban J connectivity index is 1.66. The van der Waals surface area contributed by atoms with Crippen LogP contribution in [0.15, 0.2) is 24.3 Å². The van der Waals surface area contributed by atoms with Gasteiger partial charge >= 0.3 is 6.03 Å². The van der Waals surface area contributed by atoms with Crippen LogP contribution >= 0.6 is 11.6 Å². The molecule has 3 N–H and O–H groups in total. The number of amides is 2. The predicted octanol–water partition coefficient (Wildman–Crippen LogP) is 3.08. The normalized spacial score (nSPS) is 17.2. The van der Waals surface area contributed by atoms with E-state index in [0.29, 0.717) is 24.0 Å². The zero-order valence-corrected chi connectivity index (χ0v) is 12.9. The number of urea groups is 1. The van der Waals surface area contributed by atoms with Gasteiger partial charge in [0.15, 0.2) is 0 Å². The van der Waals surface area contributed by atoms with Crippen molar-refractivity contribution in [3.8, 4) is 0 Å². The highest BCUT2D eigenvalue weighted by Gasteiger charge is 2.21. The molecule has 1 atom stereocenters. The first-order chi connectivity index (χ1) is 10.1. The van der Waals surface area contributed by atoms with E-state index in [9.17, 15) is 9.90 Å². The van der Waals surface area contributed by atoms with Crippen molar-refractivity contribution >= 4 is 17.6 Å². The molecule has 0 spiro atoms. The Morgan fingerprint density at radius 3 is 2.52 bits per heavy atom. The molecule has 0 saturated heterocycles. The Hall–Kier alpha value is -1.26. The van der Waals surface area contributed by atoms with Crippen molar-refractivity contribution in [2.24, 2.45) is 5.92 Å². The zero-order chi connectivity index (χ0) is 15.1. The maximum Gasteiger partial charge on any atom is 0.315 e. The fourth-order valence-electron chi connectivity index (χ4n) is 2.73. The quantitative estimate of drug-likeness (QED) is 0.782. The Labute approximate surface area is 130 Å². The Morgan fingerprint density at radius 2 is 1.86 bits per heavy atom. The molecule has 1 fully saturated rings. The van der Waals surface area contributed by atoms with Crippen molar-refractivity contribution in [3.05, 3.63) is 34.9 Å². The minimum absolute atomic E-state index is 0.250. The van der Waals surface area contributed by atoms with Crippen LogP contribution in [0.5, 0.6) is 0 Å². The van der Waals surface area contributed by atoms with Crippen molar-refractivity contribution in [1.82, 2.24) is 10.6 Å². The number of carbonyl (C=O) groups excluding carboxylic acids is 1.